The number of hydrogen-bond acceptors (Lipinski definition) is 3. The second-order valence-corrected chi connectivity index (χ2v) is 8.65. The first kappa shape index (κ1) is 16.7. The fraction of sp³-hybridized carbons (Fsp3) is 0.632. The molecule has 0 atom stereocenters. The van der Waals surface area contributed by atoms with Gasteiger partial charge < -0.3 is 9.31 Å². The van der Waals surface area contributed by atoms with E-state index in [0.717, 1.165) is 0 Å². The maximum absolute atomic E-state index is 11.9. The van der Waals surface area contributed by atoms with Crippen molar-refractivity contribution >= 4 is 12.9 Å². The average molecular weight is 314 g/mol. The van der Waals surface area contributed by atoms with Crippen molar-refractivity contribution in [3.63, 3.8) is 0 Å². The Hall–Kier alpha value is -1.13. The predicted molar refractivity (Wildman–Crippen MR) is 92.5 cm³/mol. The molecule has 3 nitrogen and oxygen atoms in total. The van der Waals surface area contributed by atoms with E-state index in [1.165, 1.54) is 5.56 Å². The van der Waals surface area contributed by atoms with E-state index in [4.69, 9.17) is 9.31 Å². The third-order valence-electron chi connectivity index (χ3n) is 6.40. The number of ketones is 1. The number of carbonyl (C=O) groups is 1. The van der Waals surface area contributed by atoms with Crippen molar-refractivity contribution < 1.29 is 14.1 Å². The molecule has 1 aromatic carbocycles. The molecule has 0 radical (unpaired) electrons. The van der Waals surface area contributed by atoms with Crippen molar-refractivity contribution in [2.75, 3.05) is 0 Å². The second-order valence-electron chi connectivity index (χ2n) is 8.65. The summed E-state index contributed by atoms with van der Waals surface area (Å²) in [5.41, 5.74) is 0.271. The van der Waals surface area contributed by atoms with Crippen LogP contribution < -0.4 is 0 Å². The molecule has 0 N–H and O–H groups in total. The molecule has 1 saturated carbocycles. The highest BCUT2D eigenvalue weighted by atomic mass is 16.7. The molecule has 1 saturated heterocycles. The van der Waals surface area contributed by atoms with Gasteiger partial charge in [-0.1, -0.05) is 44.2 Å². The van der Waals surface area contributed by atoms with Crippen LogP contribution in [-0.2, 0) is 19.5 Å². The Kier molecular flexibility index (Phi) is 3.59. The fourth-order valence-electron chi connectivity index (χ4n) is 3.77. The average Bonchev–Trinajstić information content (AvgIpc) is 2.65. The third kappa shape index (κ3) is 2.30. The number of hydrogen-bond donors (Lipinski definition) is 0. The van der Waals surface area contributed by atoms with Crippen LogP contribution in [0.1, 0.15) is 59.9 Å². The van der Waals surface area contributed by atoms with Crippen LogP contribution in [-0.4, -0.2) is 24.1 Å². The van der Waals surface area contributed by atoms with E-state index >= 15 is 0 Å². The molecule has 0 aromatic heterocycles. The van der Waals surface area contributed by atoms with Crippen molar-refractivity contribution in [3.05, 3.63) is 35.9 Å². The predicted octanol–water partition coefficient (Wildman–Crippen LogP) is 4.16. The van der Waals surface area contributed by atoms with Crippen molar-refractivity contribution in [1.29, 1.82) is 0 Å². The van der Waals surface area contributed by atoms with Gasteiger partial charge in [0.15, 0.2) is 0 Å². The summed E-state index contributed by atoms with van der Waals surface area (Å²) in [6.07, 6.45) is 1.13. The van der Waals surface area contributed by atoms with Gasteiger partial charge in [0.25, 0.3) is 0 Å². The summed E-state index contributed by atoms with van der Waals surface area (Å²) >= 11 is 0. The van der Waals surface area contributed by atoms with Crippen LogP contribution in [0.15, 0.2) is 30.3 Å². The Morgan fingerprint density at radius 1 is 0.957 bits per heavy atom. The highest BCUT2D eigenvalue weighted by Gasteiger charge is 2.65. The van der Waals surface area contributed by atoms with Crippen LogP contribution in [0, 0.1) is 0 Å². The van der Waals surface area contributed by atoms with Crippen LogP contribution >= 0.6 is 0 Å². The zero-order chi connectivity index (χ0) is 17.1. The molecule has 2 fully saturated rings. The van der Waals surface area contributed by atoms with Gasteiger partial charge in [0.1, 0.15) is 5.78 Å². The standard InChI is InChI=1S/C19H27BO3/c1-16(2,20-22-17(3,4)18(5,6)23-20)19(12-15(21)13-19)14-10-8-7-9-11-14/h7-11H,12-13H2,1-6H3. The van der Waals surface area contributed by atoms with Crippen LogP contribution in [0.25, 0.3) is 0 Å². The van der Waals surface area contributed by atoms with E-state index in [-0.39, 0.29) is 29.0 Å². The van der Waals surface area contributed by atoms with Gasteiger partial charge in [0.05, 0.1) is 11.2 Å². The van der Waals surface area contributed by atoms with E-state index in [9.17, 15) is 4.79 Å². The first-order valence-corrected chi connectivity index (χ1v) is 8.45. The minimum Gasteiger partial charge on any atom is -0.403 e. The van der Waals surface area contributed by atoms with Crippen molar-refractivity contribution in [1.82, 2.24) is 0 Å². The van der Waals surface area contributed by atoms with Gasteiger partial charge in [-0.25, -0.2) is 0 Å². The summed E-state index contributed by atoms with van der Waals surface area (Å²) in [7, 11) is -0.333. The molecular weight excluding hydrogens is 287 g/mol. The van der Waals surface area contributed by atoms with E-state index in [1.807, 2.05) is 18.2 Å². The molecule has 1 aliphatic heterocycles. The molecule has 23 heavy (non-hydrogen) atoms. The maximum atomic E-state index is 11.9. The molecule has 0 bridgehead atoms. The fourth-order valence-corrected chi connectivity index (χ4v) is 3.77. The minimum atomic E-state index is -0.361. The Morgan fingerprint density at radius 3 is 1.87 bits per heavy atom. The molecule has 124 valence electrons. The van der Waals surface area contributed by atoms with Crippen molar-refractivity contribution in [2.45, 2.75) is 76.3 Å². The Balaban J connectivity index is 1.99. The third-order valence-corrected chi connectivity index (χ3v) is 6.40. The lowest BCUT2D eigenvalue weighted by Crippen LogP contribution is -2.55. The summed E-state index contributed by atoms with van der Waals surface area (Å²) in [5.74, 6) is 0.318. The van der Waals surface area contributed by atoms with Gasteiger partial charge in [-0.3, -0.25) is 4.79 Å². The highest BCUT2D eigenvalue weighted by Crippen LogP contribution is 2.61. The van der Waals surface area contributed by atoms with Crippen LogP contribution in [0.2, 0.25) is 5.31 Å². The first-order chi connectivity index (χ1) is 10.5. The number of carbonyl (C=O) groups excluding carboxylic acids is 1. The smallest absolute Gasteiger partial charge is 0.403 e. The van der Waals surface area contributed by atoms with E-state index in [1.54, 1.807) is 0 Å². The molecule has 0 spiro atoms. The van der Waals surface area contributed by atoms with E-state index in [0.29, 0.717) is 18.6 Å². The lowest BCUT2D eigenvalue weighted by Gasteiger charge is -2.53. The maximum Gasteiger partial charge on any atom is 0.464 e. The Labute approximate surface area is 139 Å². The number of rotatable bonds is 3. The summed E-state index contributed by atoms with van der Waals surface area (Å²) in [6, 6.07) is 10.3. The SMILES string of the molecule is CC1(C)OB(C(C)(C)C2(c3ccccc3)CC(=O)C2)OC1(C)C. The largest absolute Gasteiger partial charge is 0.464 e. The van der Waals surface area contributed by atoms with Gasteiger partial charge in [-0.15, -0.1) is 0 Å². The van der Waals surface area contributed by atoms with Crippen LogP contribution in [0.4, 0.5) is 0 Å². The quantitative estimate of drug-likeness (QED) is 0.786. The summed E-state index contributed by atoms with van der Waals surface area (Å²) in [5, 5.41) is -0.298. The minimum absolute atomic E-state index is 0.216. The summed E-state index contributed by atoms with van der Waals surface area (Å²) in [6.45, 7) is 12.6. The molecule has 2 aliphatic rings. The monoisotopic (exact) mass is 314 g/mol. The van der Waals surface area contributed by atoms with E-state index in [2.05, 4.69) is 53.7 Å². The topological polar surface area (TPSA) is 35.5 Å². The van der Waals surface area contributed by atoms with Gasteiger partial charge in [0.2, 0.25) is 0 Å². The molecular formula is C19H27BO3. The number of Topliss-reactive ketones (excluding diaryl/α,β-unsaturated/α-hetero) is 1. The molecule has 3 rings (SSSR count). The molecule has 0 amide bonds. The molecule has 4 heteroatoms. The second kappa shape index (κ2) is 4.94. The normalized spacial score (nSPS) is 25.3. The van der Waals surface area contributed by atoms with E-state index < -0.39 is 0 Å². The Bertz CT molecular complexity index is 595. The molecule has 1 aromatic rings. The lowest BCUT2D eigenvalue weighted by atomic mass is 9.39. The van der Waals surface area contributed by atoms with Crippen molar-refractivity contribution in [2.24, 2.45) is 0 Å². The summed E-state index contributed by atoms with van der Waals surface area (Å²) in [4.78, 5) is 11.9. The molecule has 0 unspecified atom stereocenters. The molecule has 1 aliphatic carbocycles. The summed E-state index contributed by atoms with van der Waals surface area (Å²) < 4.78 is 12.7. The highest BCUT2D eigenvalue weighted by molar-refractivity contribution is 6.50. The first-order valence-electron chi connectivity index (χ1n) is 8.45. The Morgan fingerprint density at radius 2 is 1.43 bits per heavy atom. The van der Waals surface area contributed by atoms with Crippen molar-refractivity contribution in [3.8, 4) is 0 Å². The van der Waals surface area contributed by atoms with Gasteiger partial charge in [-0.05, 0) is 33.3 Å². The van der Waals surface area contributed by atoms with Gasteiger partial charge in [-0.2, -0.15) is 0 Å². The van der Waals surface area contributed by atoms with Gasteiger partial charge >= 0.3 is 7.12 Å². The zero-order valence-corrected chi connectivity index (χ0v) is 15.1. The van der Waals surface area contributed by atoms with Crippen LogP contribution in [0.3, 0.4) is 0 Å². The number of benzene rings is 1. The molecule has 1 heterocycles. The van der Waals surface area contributed by atoms with Gasteiger partial charge in [0, 0.05) is 23.6 Å². The van der Waals surface area contributed by atoms with Crippen LogP contribution in [0.5, 0.6) is 0 Å². The zero-order valence-electron chi connectivity index (χ0n) is 15.1. The lowest BCUT2D eigenvalue weighted by molar-refractivity contribution is -0.130.